The third-order valence-electron chi connectivity index (χ3n) is 2.13. The Labute approximate surface area is 75.6 Å². The lowest BCUT2D eigenvalue weighted by molar-refractivity contribution is 0.252. The van der Waals surface area contributed by atoms with E-state index in [1.807, 2.05) is 6.08 Å². The highest BCUT2D eigenvalue weighted by molar-refractivity contribution is 6.18. The van der Waals surface area contributed by atoms with E-state index in [9.17, 15) is 0 Å². The van der Waals surface area contributed by atoms with Crippen LogP contribution in [0.15, 0.2) is 12.7 Å². The zero-order valence-electron chi connectivity index (χ0n) is 7.86. The SMILES string of the molecule is C=CCCC(CCl)C(C)(C)C. The first-order valence-corrected chi connectivity index (χ1v) is 4.72. The molecule has 0 amide bonds. The van der Waals surface area contributed by atoms with Crippen molar-refractivity contribution in [1.29, 1.82) is 0 Å². The van der Waals surface area contributed by atoms with E-state index in [0.29, 0.717) is 11.3 Å². The largest absolute Gasteiger partial charge is 0.126 e. The Hall–Kier alpha value is 0.0300. The monoisotopic (exact) mass is 174 g/mol. The summed E-state index contributed by atoms with van der Waals surface area (Å²) in [5, 5.41) is 0. The number of rotatable bonds is 4. The molecule has 0 fully saturated rings. The van der Waals surface area contributed by atoms with Crippen LogP contribution < -0.4 is 0 Å². The van der Waals surface area contributed by atoms with Crippen molar-refractivity contribution in [1.82, 2.24) is 0 Å². The molecule has 0 aromatic rings. The van der Waals surface area contributed by atoms with Crippen molar-refractivity contribution in [3.63, 3.8) is 0 Å². The minimum atomic E-state index is 0.338. The maximum Gasteiger partial charge on any atom is 0.0256 e. The zero-order chi connectivity index (χ0) is 8.91. The third kappa shape index (κ3) is 4.47. The summed E-state index contributed by atoms with van der Waals surface area (Å²) in [6.07, 6.45) is 4.20. The van der Waals surface area contributed by atoms with Gasteiger partial charge in [-0.25, -0.2) is 0 Å². The molecule has 0 aliphatic heterocycles. The van der Waals surface area contributed by atoms with Gasteiger partial charge in [0.25, 0.3) is 0 Å². The summed E-state index contributed by atoms with van der Waals surface area (Å²) in [7, 11) is 0. The highest BCUT2D eigenvalue weighted by Crippen LogP contribution is 2.30. The summed E-state index contributed by atoms with van der Waals surface area (Å²) in [5.74, 6) is 1.37. The maximum atomic E-state index is 5.85. The van der Waals surface area contributed by atoms with Crippen LogP contribution in [0.5, 0.6) is 0 Å². The van der Waals surface area contributed by atoms with Crippen LogP contribution in [0.2, 0.25) is 0 Å². The third-order valence-corrected chi connectivity index (χ3v) is 2.50. The topological polar surface area (TPSA) is 0 Å². The van der Waals surface area contributed by atoms with Gasteiger partial charge in [-0.15, -0.1) is 18.2 Å². The Bertz CT molecular complexity index is 111. The molecule has 1 atom stereocenters. The van der Waals surface area contributed by atoms with Crippen LogP contribution in [0, 0.1) is 11.3 Å². The molecule has 0 bridgehead atoms. The zero-order valence-corrected chi connectivity index (χ0v) is 8.62. The molecule has 0 aliphatic carbocycles. The molecule has 0 aromatic carbocycles. The number of alkyl halides is 1. The molecule has 0 nitrogen and oxygen atoms in total. The average Bonchev–Trinajstić information content (AvgIpc) is 1.87. The van der Waals surface area contributed by atoms with E-state index < -0.39 is 0 Å². The van der Waals surface area contributed by atoms with Gasteiger partial charge in [-0.1, -0.05) is 26.8 Å². The molecule has 0 rings (SSSR count). The van der Waals surface area contributed by atoms with Crippen molar-refractivity contribution >= 4 is 11.6 Å². The van der Waals surface area contributed by atoms with E-state index in [0.717, 1.165) is 18.7 Å². The van der Waals surface area contributed by atoms with Crippen LogP contribution in [0.3, 0.4) is 0 Å². The second kappa shape index (κ2) is 4.82. The summed E-state index contributed by atoms with van der Waals surface area (Å²) >= 11 is 5.85. The van der Waals surface area contributed by atoms with E-state index in [1.54, 1.807) is 0 Å². The highest BCUT2D eigenvalue weighted by atomic mass is 35.5. The Morgan fingerprint density at radius 3 is 2.27 bits per heavy atom. The fraction of sp³-hybridized carbons (Fsp3) is 0.800. The first kappa shape index (κ1) is 11.0. The predicted molar refractivity (Wildman–Crippen MR) is 53.1 cm³/mol. The van der Waals surface area contributed by atoms with Gasteiger partial charge in [0, 0.05) is 5.88 Å². The number of halogens is 1. The van der Waals surface area contributed by atoms with Gasteiger partial charge in [-0.2, -0.15) is 0 Å². The Morgan fingerprint density at radius 1 is 1.45 bits per heavy atom. The van der Waals surface area contributed by atoms with Crippen molar-refractivity contribution in [2.24, 2.45) is 11.3 Å². The highest BCUT2D eigenvalue weighted by Gasteiger charge is 2.22. The molecular formula is C10H19Cl. The van der Waals surface area contributed by atoms with Gasteiger partial charge >= 0.3 is 0 Å². The lowest BCUT2D eigenvalue weighted by Crippen LogP contribution is -2.21. The van der Waals surface area contributed by atoms with Gasteiger partial charge < -0.3 is 0 Å². The molecule has 1 heteroatoms. The molecule has 11 heavy (non-hydrogen) atoms. The summed E-state index contributed by atoms with van der Waals surface area (Å²) in [5.41, 5.74) is 0.338. The van der Waals surface area contributed by atoms with Gasteiger partial charge in [-0.3, -0.25) is 0 Å². The maximum absolute atomic E-state index is 5.85. The molecule has 0 saturated carbocycles. The molecule has 0 heterocycles. The van der Waals surface area contributed by atoms with Crippen LogP contribution in [0.1, 0.15) is 33.6 Å². The number of hydrogen-bond donors (Lipinski definition) is 0. The van der Waals surface area contributed by atoms with E-state index >= 15 is 0 Å². The second-order valence-electron chi connectivity index (χ2n) is 4.08. The van der Waals surface area contributed by atoms with Gasteiger partial charge in [-0.05, 0) is 24.2 Å². The Kier molecular flexibility index (Phi) is 4.83. The minimum Gasteiger partial charge on any atom is -0.126 e. The summed E-state index contributed by atoms with van der Waals surface area (Å²) in [6, 6.07) is 0. The van der Waals surface area contributed by atoms with Crippen molar-refractivity contribution in [2.75, 3.05) is 5.88 Å². The van der Waals surface area contributed by atoms with Crippen molar-refractivity contribution in [3.05, 3.63) is 12.7 Å². The summed E-state index contributed by atoms with van der Waals surface area (Å²) in [4.78, 5) is 0. The molecule has 1 unspecified atom stereocenters. The van der Waals surface area contributed by atoms with Crippen molar-refractivity contribution in [2.45, 2.75) is 33.6 Å². The number of hydrogen-bond acceptors (Lipinski definition) is 0. The minimum absolute atomic E-state index is 0.338. The summed E-state index contributed by atoms with van der Waals surface area (Å²) in [6.45, 7) is 10.4. The van der Waals surface area contributed by atoms with Crippen LogP contribution >= 0.6 is 11.6 Å². The van der Waals surface area contributed by atoms with Crippen molar-refractivity contribution < 1.29 is 0 Å². The molecule has 0 aromatic heterocycles. The average molecular weight is 175 g/mol. The van der Waals surface area contributed by atoms with Gasteiger partial charge in [0.15, 0.2) is 0 Å². The van der Waals surface area contributed by atoms with Crippen LogP contribution in [0.4, 0.5) is 0 Å². The summed E-state index contributed by atoms with van der Waals surface area (Å²) < 4.78 is 0. The standard InChI is InChI=1S/C10H19Cl/c1-5-6-7-9(8-11)10(2,3)4/h5,9H,1,6-8H2,2-4H3. The van der Waals surface area contributed by atoms with E-state index in [-0.39, 0.29) is 0 Å². The normalized spacial score (nSPS) is 14.5. The fourth-order valence-electron chi connectivity index (χ4n) is 1.06. The van der Waals surface area contributed by atoms with Crippen LogP contribution in [0.25, 0.3) is 0 Å². The van der Waals surface area contributed by atoms with E-state index in [4.69, 9.17) is 11.6 Å². The van der Waals surface area contributed by atoms with Crippen LogP contribution in [-0.2, 0) is 0 Å². The van der Waals surface area contributed by atoms with Gasteiger partial charge in [0.1, 0.15) is 0 Å². The van der Waals surface area contributed by atoms with Crippen LogP contribution in [-0.4, -0.2) is 5.88 Å². The van der Waals surface area contributed by atoms with E-state index in [2.05, 4.69) is 27.4 Å². The molecule has 0 saturated heterocycles. The Morgan fingerprint density at radius 2 is 2.00 bits per heavy atom. The molecule has 66 valence electrons. The second-order valence-corrected chi connectivity index (χ2v) is 4.39. The molecule has 0 aliphatic rings. The van der Waals surface area contributed by atoms with Gasteiger partial charge in [0.05, 0.1) is 0 Å². The predicted octanol–water partition coefficient (Wildman–Crippen LogP) is 3.85. The lowest BCUT2D eigenvalue weighted by Gasteiger charge is -2.28. The lowest BCUT2D eigenvalue weighted by atomic mass is 9.79. The fourth-order valence-corrected chi connectivity index (χ4v) is 1.68. The molecule has 0 radical (unpaired) electrons. The quantitative estimate of drug-likeness (QED) is 0.449. The molecular weight excluding hydrogens is 156 g/mol. The van der Waals surface area contributed by atoms with Gasteiger partial charge in [0.2, 0.25) is 0 Å². The number of allylic oxidation sites excluding steroid dienone is 1. The first-order valence-electron chi connectivity index (χ1n) is 4.19. The molecule has 0 spiro atoms. The van der Waals surface area contributed by atoms with Crippen molar-refractivity contribution in [3.8, 4) is 0 Å². The molecule has 0 N–H and O–H groups in total. The van der Waals surface area contributed by atoms with E-state index in [1.165, 1.54) is 0 Å². The first-order chi connectivity index (χ1) is 5.02. The Balaban J connectivity index is 3.85. The smallest absolute Gasteiger partial charge is 0.0256 e.